The summed E-state index contributed by atoms with van der Waals surface area (Å²) in [6.45, 7) is 3.25. The molecule has 108 valence electrons. The molecule has 21 heavy (non-hydrogen) atoms. The summed E-state index contributed by atoms with van der Waals surface area (Å²) in [5.41, 5.74) is -1.47. The fourth-order valence-corrected chi connectivity index (χ4v) is 1.98. The second-order valence-electron chi connectivity index (χ2n) is 5.02. The molecule has 0 saturated heterocycles. The van der Waals surface area contributed by atoms with Crippen molar-refractivity contribution in [3.63, 3.8) is 0 Å². The molecule has 0 radical (unpaired) electrons. The number of hydrogen-bond acceptors (Lipinski definition) is 6. The number of nitrogens with zero attached hydrogens (tertiary/aromatic N) is 2. The fraction of sp³-hybridized carbons (Fsp3) is 0.286. The molecule has 0 aliphatic carbocycles. The van der Waals surface area contributed by atoms with Gasteiger partial charge in [-0.05, 0) is 19.9 Å². The molecule has 0 aliphatic heterocycles. The maximum absolute atomic E-state index is 11.8. The van der Waals surface area contributed by atoms with Crippen molar-refractivity contribution >= 4 is 16.9 Å². The van der Waals surface area contributed by atoms with Crippen LogP contribution in [0.1, 0.15) is 25.1 Å². The van der Waals surface area contributed by atoms with Gasteiger partial charge in [0.2, 0.25) is 0 Å². The van der Waals surface area contributed by atoms with Crippen LogP contribution in [0, 0.1) is 11.3 Å². The molecule has 0 aliphatic rings. The van der Waals surface area contributed by atoms with Crippen LogP contribution in [0.5, 0.6) is 5.75 Å². The van der Waals surface area contributed by atoms with E-state index in [-0.39, 0.29) is 16.5 Å². The summed E-state index contributed by atoms with van der Waals surface area (Å²) in [5, 5.41) is 19.2. The predicted octanol–water partition coefficient (Wildman–Crippen LogP) is 0.951. The molecule has 7 nitrogen and oxygen atoms in total. The molecule has 0 atom stereocenters. The van der Waals surface area contributed by atoms with Crippen LogP contribution in [0.4, 0.5) is 0 Å². The fourth-order valence-electron chi connectivity index (χ4n) is 1.98. The van der Waals surface area contributed by atoms with E-state index in [0.717, 1.165) is 0 Å². The summed E-state index contributed by atoms with van der Waals surface area (Å²) >= 11 is 0. The van der Waals surface area contributed by atoms with Gasteiger partial charge in [-0.1, -0.05) is 0 Å². The van der Waals surface area contributed by atoms with Gasteiger partial charge >= 0.3 is 5.97 Å². The normalized spacial score (nSPS) is 11.1. The number of esters is 1. The largest absolute Gasteiger partial charge is 0.506 e. The van der Waals surface area contributed by atoms with E-state index in [0.29, 0.717) is 5.69 Å². The number of carbonyl (C=O) groups is 1. The first-order valence-corrected chi connectivity index (χ1v) is 6.07. The molecule has 0 fully saturated rings. The topological polar surface area (TPSA) is 116 Å². The third-order valence-electron chi connectivity index (χ3n) is 3.32. The SMILES string of the molecule is COC(=O)C(C)(C)c1cc2c(O)c(C#N)c(=O)[nH]c2cn1. The molecule has 0 saturated carbocycles. The smallest absolute Gasteiger partial charge is 0.317 e. The minimum atomic E-state index is -1.03. The third kappa shape index (κ3) is 2.21. The van der Waals surface area contributed by atoms with Gasteiger partial charge in [-0.2, -0.15) is 5.26 Å². The number of carbonyl (C=O) groups excluding carboxylic acids is 1. The molecule has 2 heterocycles. The highest BCUT2D eigenvalue weighted by molar-refractivity contribution is 5.88. The highest BCUT2D eigenvalue weighted by atomic mass is 16.5. The lowest BCUT2D eigenvalue weighted by Gasteiger charge is -2.21. The number of aromatic nitrogens is 2. The van der Waals surface area contributed by atoms with Crippen LogP contribution in [0.3, 0.4) is 0 Å². The van der Waals surface area contributed by atoms with Crippen LogP contribution >= 0.6 is 0 Å². The van der Waals surface area contributed by atoms with E-state index in [1.807, 2.05) is 0 Å². The summed E-state index contributed by atoms with van der Waals surface area (Å²) in [6, 6.07) is 3.10. The van der Waals surface area contributed by atoms with E-state index >= 15 is 0 Å². The van der Waals surface area contributed by atoms with Gasteiger partial charge < -0.3 is 14.8 Å². The molecule has 0 aromatic carbocycles. The highest BCUT2D eigenvalue weighted by Crippen LogP contribution is 2.29. The molecule has 2 rings (SSSR count). The summed E-state index contributed by atoms with van der Waals surface area (Å²) in [6.07, 6.45) is 1.33. The lowest BCUT2D eigenvalue weighted by atomic mass is 9.88. The van der Waals surface area contributed by atoms with E-state index in [1.54, 1.807) is 19.9 Å². The van der Waals surface area contributed by atoms with Crippen molar-refractivity contribution in [2.75, 3.05) is 7.11 Å². The van der Waals surface area contributed by atoms with Gasteiger partial charge in [0, 0.05) is 5.39 Å². The molecule has 2 aromatic rings. The number of H-pyrrole nitrogens is 1. The molecule has 7 heteroatoms. The summed E-state index contributed by atoms with van der Waals surface area (Å²) in [5.74, 6) is -0.917. The van der Waals surface area contributed by atoms with E-state index in [4.69, 9.17) is 10.00 Å². The number of methoxy groups -OCH3 is 1. The van der Waals surface area contributed by atoms with Crippen molar-refractivity contribution in [2.24, 2.45) is 0 Å². The highest BCUT2D eigenvalue weighted by Gasteiger charge is 2.33. The van der Waals surface area contributed by atoms with Gasteiger partial charge in [0.05, 0.1) is 24.5 Å². The Kier molecular flexibility index (Phi) is 3.39. The molecule has 0 spiro atoms. The van der Waals surface area contributed by atoms with Crippen LogP contribution in [0.25, 0.3) is 10.9 Å². The lowest BCUT2D eigenvalue weighted by Crippen LogP contribution is -2.31. The standard InChI is InChI=1S/C14H13N3O4/c1-14(2,13(20)21-3)10-4-7-9(6-16-10)17-12(19)8(5-15)11(7)18/h4,6H,1-3H3,(H2,17,18,19). The average Bonchev–Trinajstić information content (AvgIpc) is 2.46. The molecule has 2 aromatic heterocycles. The van der Waals surface area contributed by atoms with Gasteiger partial charge in [-0.25, -0.2) is 0 Å². The van der Waals surface area contributed by atoms with Crippen molar-refractivity contribution in [2.45, 2.75) is 19.3 Å². The first-order valence-electron chi connectivity index (χ1n) is 6.07. The first-order chi connectivity index (χ1) is 9.82. The maximum atomic E-state index is 11.8. The number of ether oxygens (including phenoxy) is 1. The molecule has 0 unspecified atom stereocenters. The first kappa shape index (κ1) is 14.5. The Hall–Kier alpha value is -2.88. The van der Waals surface area contributed by atoms with Gasteiger partial charge in [0.1, 0.15) is 17.2 Å². The molecule has 0 amide bonds. The number of nitriles is 1. The maximum Gasteiger partial charge on any atom is 0.317 e. The second kappa shape index (κ2) is 4.90. The quantitative estimate of drug-likeness (QED) is 0.794. The van der Waals surface area contributed by atoms with Crippen molar-refractivity contribution in [1.29, 1.82) is 5.26 Å². The second-order valence-corrected chi connectivity index (χ2v) is 5.02. The van der Waals surface area contributed by atoms with Crippen molar-refractivity contribution in [1.82, 2.24) is 9.97 Å². The number of hydrogen-bond donors (Lipinski definition) is 2. The molecular weight excluding hydrogens is 274 g/mol. The molecule has 0 bridgehead atoms. The van der Waals surface area contributed by atoms with E-state index in [1.165, 1.54) is 19.4 Å². The average molecular weight is 287 g/mol. The zero-order valence-electron chi connectivity index (χ0n) is 11.7. The van der Waals surface area contributed by atoms with Crippen molar-refractivity contribution in [3.8, 4) is 11.8 Å². The van der Waals surface area contributed by atoms with Crippen molar-refractivity contribution < 1.29 is 14.6 Å². The third-order valence-corrected chi connectivity index (χ3v) is 3.32. The zero-order chi connectivity index (χ0) is 15.8. The van der Waals surface area contributed by atoms with E-state index in [2.05, 4.69) is 9.97 Å². The Balaban J connectivity index is 2.76. The van der Waals surface area contributed by atoms with Crippen LogP contribution < -0.4 is 5.56 Å². The summed E-state index contributed by atoms with van der Waals surface area (Å²) in [4.78, 5) is 30.0. The van der Waals surface area contributed by atoms with Gasteiger partial charge in [-0.15, -0.1) is 0 Å². The van der Waals surface area contributed by atoms with E-state index < -0.39 is 22.7 Å². The van der Waals surface area contributed by atoms with Crippen LogP contribution in [-0.4, -0.2) is 28.2 Å². The number of rotatable bonds is 2. The number of fused-ring (bicyclic) bond motifs is 1. The number of nitrogens with one attached hydrogen (secondary N) is 1. The minimum Gasteiger partial charge on any atom is -0.506 e. The zero-order valence-corrected chi connectivity index (χ0v) is 11.7. The Bertz CT molecular complexity index is 830. The summed E-state index contributed by atoms with van der Waals surface area (Å²) < 4.78 is 4.72. The number of pyridine rings is 2. The Morgan fingerprint density at radius 1 is 1.52 bits per heavy atom. The van der Waals surface area contributed by atoms with Gasteiger partial charge in [0.25, 0.3) is 5.56 Å². The number of aromatic hydroxyl groups is 1. The monoisotopic (exact) mass is 287 g/mol. The molecule has 2 N–H and O–H groups in total. The number of aromatic amines is 1. The lowest BCUT2D eigenvalue weighted by molar-refractivity contribution is -0.146. The van der Waals surface area contributed by atoms with Crippen LogP contribution in [0.15, 0.2) is 17.1 Å². The Labute approximate surface area is 119 Å². The van der Waals surface area contributed by atoms with Crippen LogP contribution in [0.2, 0.25) is 0 Å². The van der Waals surface area contributed by atoms with Crippen molar-refractivity contribution in [3.05, 3.63) is 33.9 Å². The van der Waals surface area contributed by atoms with Crippen LogP contribution in [-0.2, 0) is 14.9 Å². The summed E-state index contributed by atoms with van der Waals surface area (Å²) in [7, 11) is 1.27. The Morgan fingerprint density at radius 3 is 2.76 bits per heavy atom. The Morgan fingerprint density at radius 2 is 2.19 bits per heavy atom. The van der Waals surface area contributed by atoms with Gasteiger partial charge in [-0.3, -0.25) is 14.6 Å². The predicted molar refractivity (Wildman–Crippen MR) is 73.8 cm³/mol. The van der Waals surface area contributed by atoms with E-state index in [9.17, 15) is 14.7 Å². The minimum absolute atomic E-state index is 0.244. The molecular formula is C14H13N3O4. The van der Waals surface area contributed by atoms with Gasteiger partial charge in [0.15, 0.2) is 5.56 Å².